The number of rotatable bonds is 9. The van der Waals surface area contributed by atoms with Crippen molar-refractivity contribution in [1.82, 2.24) is 20.5 Å². The van der Waals surface area contributed by atoms with E-state index in [4.69, 9.17) is 5.26 Å². The van der Waals surface area contributed by atoms with E-state index in [1.165, 1.54) is 11.3 Å². The first-order valence-corrected chi connectivity index (χ1v) is 12.8. The maximum atomic E-state index is 12.9. The van der Waals surface area contributed by atoms with Gasteiger partial charge in [0.2, 0.25) is 5.91 Å². The number of likely N-dealkylation sites (N-methyl/N-ethyl adjacent to an activating group) is 1. The Hall–Kier alpha value is -2.91. The van der Waals surface area contributed by atoms with Gasteiger partial charge in [0, 0.05) is 40.0 Å². The number of benzene rings is 1. The first-order valence-electron chi connectivity index (χ1n) is 10.8. The molecule has 3 N–H and O–H groups in total. The van der Waals surface area contributed by atoms with E-state index in [0.717, 1.165) is 32.2 Å². The molecular weight excluding hydrogens is 563 g/mol. The predicted molar refractivity (Wildman–Crippen MR) is 143 cm³/mol. The Kier molecular flexibility index (Phi) is 9.06. The van der Waals surface area contributed by atoms with Gasteiger partial charge < -0.3 is 20.9 Å². The van der Waals surface area contributed by atoms with Crippen molar-refractivity contribution in [3.05, 3.63) is 56.8 Å². The summed E-state index contributed by atoms with van der Waals surface area (Å²) in [5.74, 6) is -0.476. The summed E-state index contributed by atoms with van der Waals surface area (Å²) in [5, 5.41) is 20.2. The molecule has 34 heavy (non-hydrogen) atoms. The van der Waals surface area contributed by atoms with Gasteiger partial charge in [-0.3, -0.25) is 9.59 Å². The van der Waals surface area contributed by atoms with Gasteiger partial charge in [-0.1, -0.05) is 19.9 Å². The minimum absolute atomic E-state index is 0.0926. The van der Waals surface area contributed by atoms with E-state index >= 15 is 0 Å². The molecule has 1 aromatic carbocycles. The third-order valence-electron chi connectivity index (χ3n) is 5.04. The number of hydrogen-bond acceptors (Lipinski definition) is 7. The fourth-order valence-corrected chi connectivity index (χ4v) is 4.81. The second-order valence-electron chi connectivity index (χ2n) is 8.30. The lowest BCUT2D eigenvalue weighted by Crippen LogP contribution is -2.47. The number of nitrogens with zero attached hydrogens (tertiary/aromatic N) is 3. The Balaban J connectivity index is 1.70. The molecule has 0 saturated carbocycles. The van der Waals surface area contributed by atoms with Crippen molar-refractivity contribution in [3.8, 4) is 17.3 Å². The zero-order chi connectivity index (χ0) is 24.7. The number of carbonyl (C=O) groups is 2. The Morgan fingerprint density at radius 2 is 2.15 bits per heavy atom. The van der Waals surface area contributed by atoms with E-state index in [1.54, 1.807) is 6.07 Å². The zero-order valence-electron chi connectivity index (χ0n) is 19.3. The summed E-state index contributed by atoms with van der Waals surface area (Å²) in [6.45, 7) is 4.71. The fraction of sp³-hybridized carbons (Fsp3) is 0.333. The molecule has 0 spiro atoms. The SMILES string of the molecule is CC(C)C[C@H](NC(=O)c1ccc(-c2csc(NC3=CCN(C)C=C3)n2)cc1I)C(=O)NCC#N. The fourth-order valence-electron chi connectivity index (χ4n) is 3.31. The topological polar surface area (TPSA) is 110 Å². The van der Waals surface area contributed by atoms with Gasteiger partial charge in [-0.25, -0.2) is 4.98 Å². The Morgan fingerprint density at radius 3 is 2.79 bits per heavy atom. The first-order chi connectivity index (χ1) is 16.3. The predicted octanol–water partition coefficient (Wildman–Crippen LogP) is 3.95. The Labute approximate surface area is 217 Å². The van der Waals surface area contributed by atoms with Gasteiger partial charge in [0.25, 0.3) is 5.91 Å². The molecule has 1 aromatic heterocycles. The highest BCUT2D eigenvalue weighted by molar-refractivity contribution is 14.1. The van der Waals surface area contributed by atoms with Gasteiger partial charge in [0.05, 0.1) is 17.3 Å². The molecule has 2 heterocycles. The van der Waals surface area contributed by atoms with Crippen LogP contribution in [-0.4, -0.2) is 47.9 Å². The summed E-state index contributed by atoms with van der Waals surface area (Å²) in [7, 11) is 2.02. The van der Waals surface area contributed by atoms with Gasteiger partial charge in [0.15, 0.2) is 5.13 Å². The molecule has 0 radical (unpaired) electrons. The van der Waals surface area contributed by atoms with Gasteiger partial charge >= 0.3 is 0 Å². The number of amides is 2. The highest BCUT2D eigenvalue weighted by Gasteiger charge is 2.23. The molecular formula is C24H27IN6O2S. The van der Waals surface area contributed by atoms with Crippen LogP contribution in [-0.2, 0) is 4.79 Å². The number of thiazole rings is 1. The highest BCUT2D eigenvalue weighted by Crippen LogP contribution is 2.28. The Morgan fingerprint density at radius 1 is 1.35 bits per heavy atom. The second-order valence-corrected chi connectivity index (χ2v) is 10.3. The number of nitriles is 1. The number of allylic oxidation sites excluding steroid dienone is 1. The van der Waals surface area contributed by atoms with Gasteiger partial charge in [-0.05, 0) is 59.2 Å². The van der Waals surface area contributed by atoms with Crippen molar-refractivity contribution in [1.29, 1.82) is 5.26 Å². The van der Waals surface area contributed by atoms with Crippen LogP contribution in [0.25, 0.3) is 11.3 Å². The molecule has 1 atom stereocenters. The van der Waals surface area contributed by atoms with Crippen LogP contribution in [0.1, 0.15) is 30.6 Å². The van der Waals surface area contributed by atoms with Crippen LogP contribution < -0.4 is 16.0 Å². The average molecular weight is 590 g/mol. The molecule has 8 nitrogen and oxygen atoms in total. The third-order valence-corrected chi connectivity index (χ3v) is 6.69. The number of hydrogen-bond donors (Lipinski definition) is 3. The lowest BCUT2D eigenvalue weighted by atomic mass is 10.0. The molecule has 0 aliphatic carbocycles. The van der Waals surface area contributed by atoms with Crippen molar-refractivity contribution in [2.24, 2.45) is 5.92 Å². The molecule has 10 heteroatoms. The van der Waals surface area contributed by atoms with Crippen LogP contribution in [0, 0.1) is 20.8 Å². The molecule has 0 fully saturated rings. The van der Waals surface area contributed by atoms with Gasteiger partial charge in [-0.2, -0.15) is 5.26 Å². The van der Waals surface area contributed by atoms with Crippen LogP contribution >= 0.6 is 33.9 Å². The lowest BCUT2D eigenvalue weighted by molar-refractivity contribution is -0.123. The molecule has 3 rings (SSSR count). The zero-order valence-corrected chi connectivity index (χ0v) is 22.2. The lowest BCUT2D eigenvalue weighted by Gasteiger charge is -2.20. The number of halogens is 1. The summed E-state index contributed by atoms with van der Waals surface area (Å²) < 4.78 is 0.761. The maximum Gasteiger partial charge on any atom is 0.253 e. The number of anilines is 1. The highest BCUT2D eigenvalue weighted by atomic mass is 127. The standard InChI is InChI=1S/C24H27IN6O2S/c1-15(2)12-20(23(33)27-9-8-26)29-22(32)18-5-4-16(13-19(18)25)21-14-34-24(30-21)28-17-6-10-31(3)11-7-17/h4-7,10,13-15,20H,9,11-12H2,1-3H3,(H,27,33)(H,28,30)(H,29,32)/t20-/m0/s1. The minimum atomic E-state index is -0.702. The number of nitrogens with one attached hydrogen (secondary N) is 3. The van der Waals surface area contributed by atoms with Crippen LogP contribution in [0.5, 0.6) is 0 Å². The quantitative estimate of drug-likeness (QED) is 0.302. The maximum absolute atomic E-state index is 12.9. The first kappa shape index (κ1) is 25.7. The number of carbonyl (C=O) groups excluding carboxylic acids is 2. The van der Waals surface area contributed by atoms with E-state index in [2.05, 4.69) is 54.5 Å². The number of aromatic nitrogens is 1. The van der Waals surface area contributed by atoms with Gasteiger partial charge in [0.1, 0.15) is 12.6 Å². The average Bonchev–Trinajstić information content (AvgIpc) is 3.26. The van der Waals surface area contributed by atoms with Crippen molar-refractivity contribution in [2.75, 3.05) is 25.5 Å². The summed E-state index contributed by atoms with van der Waals surface area (Å²) >= 11 is 3.65. The summed E-state index contributed by atoms with van der Waals surface area (Å²) in [6, 6.07) is 6.71. The molecule has 2 aromatic rings. The van der Waals surface area contributed by atoms with E-state index in [0.29, 0.717) is 12.0 Å². The molecule has 0 saturated heterocycles. The third kappa shape index (κ3) is 7.04. The molecule has 2 amide bonds. The summed E-state index contributed by atoms with van der Waals surface area (Å²) in [5.41, 5.74) is 3.23. The summed E-state index contributed by atoms with van der Waals surface area (Å²) in [6.07, 6.45) is 6.61. The minimum Gasteiger partial charge on any atom is -0.377 e. The van der Waals surface area contributed by atoms with Gasteiger partial charge in [-0.15, -0.1) is 11.3 Å². The smallest absolute Gasteiger partial charge is 0.253 e. The van der Waals surface area contributed by atoms with Crippen LogP contribution in [0.3, 0.4) is 0 Å². The molecule has 178 valence electrons. The Bertz CT molecular complexity index is 1150. The molecule has 0 bridgehead atoms. The van der Waals surface area contributed by atoms with E-state index in [9.17, 15) is 9.59 Å². The van der Waals surface area contributed by atoms with E-state index in [1.807, 2.05) is 56.8 Å². The molecule has 1 aliphatic rings. The molecule has 1 aliphatic heterocycles. The van der Waals surface area contributed by atoms with Crippen LogP contribution in [0.15, 0.2) is 47.6 Å². The largest absolute Gasteiger partial charge is 0.377 e. The van der Waals surface area contributed by atoms with Crippen molar-refractivity contribution in [2.45, 2.75) is 26.3 Å². The molecule has 0 unspecified atom stereocenters. The van der Waals surface area contributed by atoms with Crippen molar-refractivity contribution in [3.63, 3.8) is 0 Å². The van der Waals surface area contributed by atoms with E-state index in [-0.39, 0.29) is 24.3 Å². The van der Waals surface area contributed by atoms with Crippen LogP contribution in [0.4, 0.5) is 5.13 Å². The van der Waals surface area contributed by atoms with E-state index < -0.39 is 6.04 Å². The van der Waals surface area contributed by atoms with Crippen molar-refractivity contribution >= 4 is 50.9 Å². The normalized spacial score (nSPS) is 13.8. The van der Waals surface area contributed by atoms with Crippen molar-refractivity contribution < 1.29 is 9.59 Å². The summed E-state index contributed by atoms with van der Waals surface area (Å²) in [4.78, 5) is 32.1. The second kappa shape index (κ2) is 12.0. The monoisotopic (exact) mass is 590 g/mol. The van der Waals surface area contributed by atoms with Crippen LogP contribution in [0.2, 0.25) is 0 Å².